The van der Waals surface area contributed by atoms with Gasteiger partial charge in [0.2, 0.25) is 5.90 Å². The number of nitrogens with one attached hydrogen (secondary N) is 2. The number of carbonyl (C=O) groups excluding carboxylic acids is 1. The predicted molar refractivity (Wildman–Crippen MR) is 175 cm³/mol. The van der Waals surface area contributed by atoms with Crippen LogP contribution >= 0.6 is 15.9 Å². The number of benzene rings is 4. The molecule has 1 aliphatic rings. The van der Waals surface area contributed by atoms with Crippen molar-refractivity contribution in [2.45, 2.75) is 35.9 Å². The first kappa shape index (κ1) is 34.2. The van der Waals surface area contributed by atoms with E-state index in [1.807, 2.05) is 0 Å². The van der Waals surface area contributed by atoms with E-state index >= 15 is 0 Å². The second-order valence-electron chi connectivity index (χ2n) is 10.8. The van der Waals surface area contributed by atoms with E-state index in [-0.39, 0.29) is 35.9 Å². The van der Waals surface area contributed by atoms with E-state index in [0.29, 0.717) is 29.9 Å². The number of hydrogen-bond acceptors (Lipinski definition) is 8. The molecule has 5 rings (SSSR count). The fourth-order valence-electron chi connectivity index (χ4n) is 5.09. The highest BCUT2D eigenvalue weighted by atomic mass is 79.9. The Morgan fingerprint density at radius 3 is 2.32 bits per heavy atom. The van der Waals surface area contributed by atoms with Crippen molar-refractivity contribution in [1.29, 1.82) is 0 Å². The summed E-state index contributed by atoms with van der Waals surface area (Å²) in [4.78, 5) is 19.1. The van der Waals surface area contributed by atoms with Crippen molar-refractivity contribution >= 4 is 37.6 Å². The Hall–Kier alpha value is -4.17. The zero-order chi connectivity index (χ0) is 33.4. The summed E-state index contributed by atoms with van der Waals surface area (Å²) in [7, 11) is -3.85. The fourth-order valence-corrected chi connectivity index (χ4v) is 6.74. The van der Waals surface area contributed by atoms with Gasteiger partial charge in [0.25, 0.3) is 5.91 Å². The Bertz CT molecular complexity index is 1810. The molecule has 0 radical (unpaired) electrons. The van der Waals surface area contributed by atoms with E-state index in [1.165, 1.54) is 12.1 Å². The van der Waals surface area contributed by atoms with E-state index in [9.17, 15) is 22.0 Å². The van der Waals surface area contributed by atoms with Crippen LogP contribution in [0.4, 0.5) is 8.78 Å². The van der Waals surface area contributed by atoms with Gasteiger partial charge in [-0.15, -0.1) is 0 Å². The van der Waals surface area contributed by atoms with Crippen LogP contribution in [0.25, 0.3) is 0 Å². The maximum Gasteiger partial charge on any atom is 0.266 e. The van der Waals surface area contributed by atoms with Crippen molar-refractivity contribution in [2.75, 3.05) is 19.0 Å². The maximum absolute atomic E-state index is 14.2. The van der Waals surface area contributed by atoms with Gasteiger partial charge in [0.15, 0.2) is 21.5 Å². The molecule has 4 aromatic rings. The quantitative estimate of drug-likeness (QED) is 0.117. The predicted octanol–water partition coefficient (Wildman–Crippen LogP) is 5.43. The van der Waals surface area contributed by atoms with Crippen LogP contribution in [0.15, 0.2) is 111 Å². The average Bonchev–Trinajstić information content (AvgIpc) is 3.45. The maximum atomic E-state index is 14.2. The molecule has 0 fully saturated rings. The van der Waals surface area contributed by atoms with E-state index < -0.39 is 44.8 Å². The summed E-state index contributed by atoms with van der Waals surface area (Å²) in [5.41, 5.74) is 4.82. The summed E-state index contributed by atoms with van der Waals surface area (Å²) in [5, 5.41) is 9.03. The minimum absolute atomic E-state index is 0.00169. The van der Waals surface area contributed by atoms with Crippen LogP contribution in [-0.4, -0.2) is 49.8 Å². The van der Waals surface area contributed by atoms with E-state index in [0.717, 1.165) is 22.7 Å². The van der Waals surface area contributed by atoms with Crippen molar-refractivity contribution in [3.63, 3.8) is 0 Å². The molecular weight excluding hydrogens is 696 g/mol. The number of ether oxygens (including phenoxy) is 2. The van der Waals surface area contributed by atoms with Gasteiger partial charge >= 0.3 is 0 Å². The molecule has 0 saturated heterocycles. The minimum Gasteiger partial charge on any atom is -0.494 e. The Morgan fingerprint density at radius 1 is 0.979 bits per heavy atom. The Balaban J connectivity index is 1.51. The van der Waals surface area contributed by atoms with Crippen molar-refractivity contribution in [2.24, 2.45) is 4.99 Å². The van der Waals surface area contributed by atoms with Crippen molar-refractivity contribution < 1.29 is 36.6 Å². The van der Waals surface area contributed by atoms with Crippen LogP contribution in [0.5, 0.6) is 5.75 Å². The summed E-state index contributed by atoms with van der Waals surface area (Å²) in [5.74, 6) is -2.02. The number of aliphatic imine (C=N–C) groups is 1. The molecule has 4 aromatic carbocycles. The highest BCUT2D eigenvalue weighted by Crippen LogP contribution is 2.43. The smallest absolute Gasteiger partial charge is 0.266 e. The van der Waals surface area contributed by atoms with E-state index in [2.05, 4.69) is 26.8 Å². The summed E-state index contributed by atoms with van der Waals surface area (Å²) in [6.07, 6.45) is -0.845. The molecular formula is C34H32BrF2N3O6S. The van der Waals surface area contributed by atoms with Crippen molar-refractivity contribution in [3.8, 4) is 5.75 Å². The van der Waals surface area contributed by atoms with Gasteiger partial charge in [0, 0.05) is 42.1 Å². The number of rotatable bonds is 14. The molecule has 0 saturated carbocycles. The normalized spacial score (nSPS) is 17.5. The number of carbonyl (C=O) groups is 1. The van der Waals surface area contributed by atoms with Gasteiger partial charge in [0.05, 0.1) is 17.3 Å². The number of halogens is 3. The number of amides is 1. The van der Waals surface area contributed by atoms with Gasteiger partial charge < -0.3 is 14.6 Å². The zero-order valence-electron chi connectivity index (χ0n) is 25.0. The molecule has 0 aliphatic carbocycles. The lowest BCUT2D eigenvalue weighted by molar-refractivity contribution is -0.130. The SMILES string of the molecule is O=C(NNCc1cc(F)cc(F)c1)[C@@]1(CCS(=O)(=O)c2ccccc2)N=C(c2ccc(OCCCO)cc2)O[C@H]1c1ccc(Br)cc1. The highest BCUT2D eigenvalue weighted by Gasteiger charge is 2.53. The first-order chi connectivity index (χ1) is 22.6. The van der Waals surface area contributed by atoms with Crippen LogP contribution in [0, 0.1) is 11.6 Å². The summed E-state index contributed by atoms with van der Waals surface area (Å²) < 4.78 is 67.3. The Labute approximate surface area is 279 Å². The third-order valence-electron chi connectivity index (χ3n) is 7.47. The summed E-state index contributed by atoms with van der Waals surface area (Å²) in [6, 6.07) is 24.8. The van der Waals surface area contributed by atoms with Crippen LogP contribution < -0.4 is 15.6 Å². The Kier molecular flexibility index (Phi) is 11.0. The lowest BCUT2D eigenvalue weighted by Gasteiger charge is -2.30. The van der Waals surface area contributed by atoms with E-state index in [1.54, 1.807) is 66.7 Å². The molecule has 2 atom stereocenters. The molecule has 3 N–H and O–H groups in total. The first-order valence-corrected chi connectivity index (χ1v) is 17.2. The minimum atomic E-state index is -3.85. The van der Waals surface area contributed by atoms with Crippen LogP contribution in [0.2, 0.25) is 0 Å². The molecule has 246 valence electrons. The molecule has 0 aromatic heterocycles. The van der Waals surface area contributed by atoms with Crippen molar-refractivity contribution in [3.05, 3.63) is 130 Å². The van der Waals surface area contributed by atoms with Gasteiger partial charge in [0.1, 0.15) is 17.4 Å². The van der Waals surface area contributed by atoms with Gasteiger partial charge in [-0.25, -0.2) is 27.6 Å². The summed E-state index contributed by atoms with van der Waals surface area (Å²) in [6.45, 7) is 0.197. The van der Waals surface area contributed by atoms with Gasteiger partial charge in [-0.05, 0) is 71.8 Å². The molecule has 0 unspecified atom stereocenters. The van der Waals surface area contributed by atoms with Crippen LogP contribution in [-0.2, 0) is 25.9 Å². The number of hydrazine groups is 1. The number of hydrogen-bond donors (Lipinski definition) is 3. The lowest BCUT2D eigenvalue weighted by atomic mass is 9.85. The standard InChI is InChI=1S/C34H32BrF2N3O6S/c35-26-11-7-24(8-12-26)31-34(15-18-47(43,44)30-5-2-1-3-6-30,33(42)40-38-22-23-19-27(36)21-28(37)20-23)39-32(46-31)25-9-13-29(14-10-25)45-17-4-16-41/h1-3,5-14,19-21,31,38,41H,4,15-18,22H2,(H,40,42)/t31-,34-/m0/s1. The van der Waals surface area contributed by atoms with Gasteiger partial charge in [-0.1, -0.05) is 46.3 Å². The van der Waals surface area contributed by atoms with Crippen LogP contribution in [0.3, 0.4) is 0 Å². The Morgan fingerprint density at radius 2 is 1.66 bits per heavy atom. The van der Waals surface area contributed by atoms with Gasteiger partial charge in [-0.2, -0.15) is 0 Å². The molecule has 0 bridgehead atoms. The molecule has 47 heavy (non-hydrogen) atoms. The highest BCUT2D eigenvalue weighted by molar-refractivity contribution is 9.10. The number of sulfone groups is 1. The molecule has 1 amide bonds. The second-order valence-corrected chi connectivity index (χ2v) is 13.8. The molecule has 1 heterocycles. The number of aliphatic hydroxyl groups excluding tert-OH is 1. The molecule has 0 spiro atoms. The third-order valence-corrected chi connectivity index (χ3v) is 9.73. The monoisotopic (exact) mass is 727 g/mol. The number of nitrogens with zero attached hydrogens (tertiary/aromatic N) is 1. The summed E-state index contributed by atoms with van der Waals surface area (Å²) >= 11 is 3.42. The topological polar surface area (TPSA) is 126 Å². The fraction of sp³-hybridized carbons (Fsp3) is 0.235. The third kappa shape index (κ3) is 8.41. The first-order valence-electron chi connectivity index (χ1n) is 14.7. The lowest BCUT2D eigenvalue weighted by Crippen LogP contribution is -2.53. The molecule has 9 nitrogen and oxygen atoms in total. The number of aliphatic hydroxyl groups is 1. The van der Waals surface area contributed by atoms with E-state index in [4.69, 9.17) is 19.6 Å². The largest absolute Gasteiger partial charge is 0.494 e. The van der Waals surface area contributed by atoms with Crippen molar-refractivity contribution in [1.82, 2.24) is 10.9 Å². The second kappa shape index (κ2) is 15.2. The molecule has 1 aliphatic heterocycles. The van der Waals surface area contributed by atoms with Gasteiger partial charge in [-0.3, -0.25) is 10.2 Å². The average molecular weight is 729 g/mol. The van der Waals surface area contributed by atoms with Crippen LogP contribution in [0.1, 0.15) is 35.6 Å². The molecule has 13 heteroatoms. The zero-order valence-corrected chi connectivity index (χ0v) is 27.4.